The minimum absolute atomic E-state index is 0.283. The van der Waals surface area contributed by atoms with Crippen molar-refractivity contribution in [3.8, 4) is 28.3 Å². The van der Waals surface area contributed by atoms with Crippen molar-refractivity contribution in [3.05, 3.63) is 96.2 Å². The van der Waals surface area contributed by atoms with Gasteiger partial charge in [0, 0.05) is 34.9 Å². The van der Waals surface area contributed by atoms with E-state index in [0.29, 0.717) is 12.1 Å². The number of aromatic nitrogens is 2. The van der Waals surface area contributed by atoms with Crippen LogP contribution in [0.2, 0.25) is 0 Å². The molecule has 0 radical (unpaired) electrons. The third-order valence-electron chi connectivity index (χ3n) is 6.55. The van der Waals surface area contributed by atoms with Crippen LogP contribution >= 0.6 is 0 Å². The lowest BCUT2D eigenvalue weighted by molar-refractivity contribution is 0.301. The van der Waals surface area contributed by atoms with E-state index in [9.17, 15) is 8.42 Å². The summed E-state index contributed by atoms with van der Waals surface area (Å²) in [5, 5.41) is 0.881. The van der Waals surface area contributed by atoms with Gasteiger partial charge in [0.2, 0.25) is 0 Å². The summed E-state index contributed by atoms with van der Waals surface area (Å²) in [5.41, 5.74) is 7.30. The standard InChI is InChI=1S/C28H24N2O3S/c1-3-29-26(17-22-18-33-27-7-5-4-6-24(27)28(22)29)20-10-13-25-21(16-20)14-15-30(25)34(31,32)23-11-8-19(2)9-12-23/h4-17H,3,18H2,1-2H3. The van der Waals surface area contributed by atoms with Gasteiger partial charge in [0.15, 0.2) is 0 Å². The zero-order valence-electron chi connectivity index (χ0n) is 19.0. The van der Waals surface area contributed by atoms with Crippen LogP contribution in [0.1, 0.15) is 18.1 Å². The van der Waals surface area contributed by atoms with Crippen molar-refractivity contribution < 1.29 is 13.2 Å². The molecule has 3 aromatic carbocycles. The first-order valence-corrected chi connectivity index (χ1v) is 12.8. The zero-order chi connectivity index (χ0) is 23.4. The van der Waals surface area contributed by atoms with E-state index in [1.807, 2.05) is 55.5 Å². The average Bonchev–Trinajstić information content (AvgIpc) is 3.45. The largest absolute Gasteiger partial charge is 0.488 e. The number of ether oxygens (including phenoxy) is 1. The molecule has 0 bridgehead atoms. The molecule has 5 aromatic rings. The monoisotopic (exact) mass is 468 g/mol. The number of benzene rings is 3. The summed E-state index contributed by atoms with van der Waals surface area (Å²) in [7, 11) is -3.67. The lowest BCUT2D eigenvalue weighted by Gasteiger charge is -2.20. The molecular weight excluding hydrogens is 444 g/mol. The van der Waals surface area contributed by atoms with Crippen LogP contribution < -0.4 is 4.74 Å². The number of rotatable bonds is 4. The Morgan fingerprint density at radius 3 is 2.53 bits per heavy atom. The van der Waals surface area contributed by atoms with Crippen LogP contribution in [0.15, 0.2) is 90.0 Å². The van der Waals surface area contributed by atoms with Crippen LogP contribution in [0.25, 0.3) is 33.4 Å². The van der Waals surface area contributed by atoms with Crippen LogP contribution in [0.3, 0.4) is 0 Å². The fraction of sp³-hybridized carbons (Fsp3) is 0.143. The predicted molar refractivity (Wildman–Crippen MR) is 135 cm³/mol. The molecule has 1 aliphatic heterocycles. The fourth-order valence-electron chi connectivity index (χ4n) is 4.85. The fourth-order valence-corrected chi connectivity index (χ4v) is 6.21. The van der Waals surface area contributed by atoms with Crippen molar-refractivity contribution in [1.82, 2.24) is 8.54 Å². The highest BCUT2D eigenvalue weighted by atomic mass is 32.2. The topological polar surface area (TPSA) is 53.2 Å². The third-order valence-corrected chi connectivity index (χ3v) is 8.25. The molecule has 6 rings (SSSR count). The van der Waals surface area contributed by atoms with E-state index in [2.05, 4.69) is 29.7 Å². The van der Waals surface area contributed by atoms with Gasteiger partial charge in [-0.05, 0) is 67.9 Å². The summed E-state index contributed by atoms with van der Waals surface area (Å²) in [6.07, 6.45) is 1.64. The molecule has 0 aliphatic carbocycles. The molecule has 3 heterocycles. The number of nitrogens with zero attached hydrogens (tertiary/aromatic N) is 2. The van der Waals surface area contributed by atoms with E-state index in [1.165, 1.54) is 9.67 Å². The molecule has 2 aromatic heterocycles. The Morgan fingerprint density at radius 2 is 1.74 bits per heavy atom. The van der Waals surface area contributed by atoms with Crippen molar-refractivity contribution in [2.24, 2.45) is 0 Å². The molecule has 0 saturated carbocycles. The molecule has 1 aliphatic rings. The highest BCUT2D eigenvalue weighted by molar-refractivity contribution is 7.90. The highest BCUT2D eigenvalue weighted by Gasteiger charge is 2.24. The van der Waals surface area contributed by atoms with Gasteiger partial charge in [-0.25, -0.2) is 12.4 Å². The Balaban J connectivity index is 1.46. The number of fused-ring (bicyclic) bond motifs is 4. The second-order valence-electron chi connectivity index (χ2n) is 8.64. The number of para-hydroxylation sites is 1. The lowest BCUT2D eigenvalue weighted by Crippen LogP contribution is -2.11. The summed E-state index contributed by atoms with van der Waals surface area (Å²) < 4.78 is 36.2. The highest BCUT2D eigenvalue weighted by Crippen LogP contribution is 2.41. The van der Waals surface area contributed by atoms with Crippen LogP contribution in [0.4, 0.5) is 0 Å². The number of aryl methyl sites for hydroxylation is 1. The SMILES string of the molecule is CCn1c(-c2ccc3c(ccn3S(=O)(=O)c3ccc(C)cc3)c2)cc2c1-c1ccccc1OC2. The smallest absolute Gasteiger partial charge is 0.268 e. The van der Waals surface area contributed by atoms with Crippen molar-refractivity contribution in [2.75, 3.05) is 0 Å². The van der Waals surface area contributed by atoms with E-state index in [4.69, 9.17) is 4.74 Å². The normalized spacial score (nSPS) is 12.9. The van der Waals surface area contributed by atoms with Crippen molar-refractivity contribution in [1.29, 1.82) is 0 Å². The third kappa shape index (κ3) is 3.10. The molecule has 0 fully saturated rings. The maximum atomic E-state index is 13.3. The summed E-state index contributed by atoms with van der Waals surface area (Å²) in [4.78, 5) is 0.283. The molecule has 5 nitrogen and oxygen atoms in total. The van der Waals surface area contributed by atoms with Crippen molar-refractivity contribution >= 4 is 20.9 Å². The van der Waals surface area contributed by atoms with E-state index in [-0.39, 0.29) is 4.90 Å². The van der Waals surface area contributed by atoms with Crippen LogP contribution in [0.5, 0.6) is 5.75 Å². The van der Waals surface area contributed by atoms with E-state index < -0.39 is 10.0 Å². The Labute approximate surface area is 198 Å². The molecule has 0 N–H and O–H groups in total. The molecule has 170 valence electrons. The summed E-state index contributed by atoms with van der Waals surface area (Å²) in [6, 6.07) is 25.1. The molecule has 0 amide bonds. The minimum Gasteiger partial charge on any atom is -0.488 e. The Kier molecular flexibility index (Phi) is 4.67. The van der Waals surface area contributed by atoms with Gasteiger partial charge in [-0.3, -0.25) is 0 Å². The lowest BCUT2D eigenvalue weighted by atomic mass is 10.0. The Morgan fingerprint density at radius 1 is 0.941 bits per heavy atom. The maximum absolute atomic E-state index is 13.3. The van der Waals surface area contributed by atoms with Gasteiger partial charge < -0.3 is 9.30 Å². The van der Waals surface area contributed by atoms with Crippen LogP contribution in [-0.4, -0.2) is 17.0 Å². The predicted octanol–water partition coefficient (Wildman–Crippen LogP) is 6.23. The molecular formula is C28H24N2O3S. The number of hydrogen-bond donors (Lipinski definition) is 0. The molecule has 34 heavy (non-hydrogen) atoms. The van der Waals surface area contributed by atoms with Gasteiger partial charge >= 0.3 is 0 Å². The molecule has 6 heteroatoms. The summed E-state index contributed by atoms with van der Waals surface area (Å²) in [5.74, 6) is 0.906. The molecule has 0 unspecified atom stereocenters. The maximum Gasteiger partial charge on any atom is 0.268 e. The van der Waals surface area contributed by atoms with Gasteiger partial charge in [0.1, 0.15) is 12.4 Å². The first-order valence-electron chi connectivity index (χ1n) is 11.4. The van der Waals surface area contributed by atoms with Gasteiger partial charge in [-0.15, -0.1) is 0 Å². The summed E-state index contributed by atoms with van der Waals surface area (Å²) in [6.45, 7) is 5.45. The first kappa shape index (κ1) is 20.8. The summed E-state index contributed by atoms with van der Waals surface area (Å²) >= 11 is 0. The van der Waals surface area contributed by atoms with Crippen LogP contribution in [-0.2, 0) is 23.2 Å². The molecule has 0 atom stereocenters. The molecule has 0 spiro atoms. The van der Waals surface area contributed by atoms with Gasteiger partial charge in [-0.1, -0.05) is 35.9 Å². The second-order valence-corrected chi connectivity index (χ2v) is 10.5. The van der Waals surface area contributed by atoms with Crippen molar-refractivity contribution in [2.45, 2.75) is 31.9 Å². The minimum atomic E-state index is -3.67. The van der Waals surface area contributed by atoms with Crippen molar-refractivity contribution in [3.63, 3.8) is 0 Å². The Bertz CT molecular complexity index is 1660. The Hall–Kier alpha value is -3.77. The van der Waals surface area contributed by atoms with E-state index >= 15 is 0 Å². The zero-order valence-corrected chi connectivity index (χ0v) is 19.8. The average molecular weight is 469 g/mol. The van der Waals surface area contributed by atoms with Gasteiger partial charge in [0.05, 0.1) is 16.1 Å². The first-order chi connectivity index (χ1) is 16.5. The second kappa shape index (κ2) is 7.64. The quantitative estimate of drug-likeness (QED) is 0.314. The van der Waals surface area contributed by atoms with Gasteiger partial charge in [0.25, 0.3) is 10.0 Å². The van der Waals surface area contributed by atoms with E-state index in [1.54, 1.807) is 18.3 Å². The van der Waals surface area contributed by atoms with Gasteiger partial charge in [-0.2, -0.15) is 0 Å². The van der Waals surface area contributed by atoms with Crippen LogP contribution in [0, 0.1) is 6.92 Å². The van der Waals surface area contributed by atoms with E-state index in [0.717, 1.165) is 45.6 Å². The number of hydrogen-bond acceptors (Lipinski definition) is 3. The molecule has 0 saturated heterocycles.